The molecule has 0 radical (unpaired) electrons. The number of aliphatic hydroxyl groups excluding tert-OH is 1. The molecule has 2 heteroatoms. The minimum Gasteiger partial charge on any atom is -0.392 e. The van der Waals surface area contributed by atoms with Crippen LogP contribution in [0.5, 0.6) is 0 Å². The van der Waals surface area contributed by atoms with Crippen molar-refractivity contribution in [3.05, 3.63) is 12.2 Å². The highest BCUT2D eigenvalue weighted by Gasteiger charge is 2.18. The van der Waals surface area contributed by atoms with Crippen LogP contribution in [0.25, 0.3) is 0 Å². The summed E-state index contributed by atoms with van der Waals surface area (Å²) in [4.78, 5) is 0. The molecule has 0 fully saturated rings. The summed E-state index contributed by atoms with van der Waals surface area (Å²) in [5, 5.41) is 17.6. The lowest BCUT2D eigenvalue weighted by molar-refractivity contribution is 0.108. The monoisotopic (exact) mass is 137 g/mol. The van der Waals surface area contributed by atoms with Crippen LogP contribution in [0, 0.1) is 17.2 Å². The third-order valence-electron chi connectivity index (χ3n) is 1.88. The summed E-state index contributed by atoms with van der Waals surface area (Å²) < 4.78 is 0. The van der Waals surface area contributed by atoms with Crippen molar-refractivity contribution in [2.75, 3.05) is 0 Å². The number of allylic oxidation sites excluding steroid dienone is 1. The fourth-order valence-electron chi connectivity index (χ4n) is 1.19. The largest absolute Gasteiger partial charge is 0.392 e. The summed E-state index contributed by atoms with van der Waals surface area (Å²) in [5.41, 5.74) is 0. The van der Waals surface area contributed by atoms with E-state index in [2.05, 4.69) is 6.07 Å². The average Bonchev–Trinajstić information content (AvgIpc) is 1.94. The van der Waals surface area contributed by atoms with E-state index in [4.69, 9.17) is 5.26 Å². The van der Waals surface area contributed by atoms with E-state index in [9.17, 15) is 5.11 Å². The van der Waals surface area contributed by atoms with Crippen molar-refractivity contribution in [3.63, 3.8) is 0 Å². The highest BCUT2D eigenvalue weighted by atomic mass is 16.3. The quantitative estimate of drug-likeness (QED) is 0.552. The molecule has 1 aliphatic carbocycles. The van der Waals surface area contributed by atoms with Crippen LogP contribution in [0.1, 0.15) is 19.3 Å². The van der Waals surface area contributed by atoms with Gasteiger partial charge in [-0.15, -0.1) is 0 Å². The molecule has 0 heterocycles. The fraction of sp³-hybridized carbons (Fsp3) is 0.625. The maximum atomic E-state index is 9.30. The molecule has 0 spiro atoms. The average molecular weight is 137 g/mol. The van der Waals surface area contributed by atoms with Gasteiger partial charge in [0.15, 0.2) is 0 Å². The Labute approximate surface area is 60.8 Å². The van der Waals surface area contributed by atoms with Crippen LogP contribution in [0.15, 0.2) is 12.2 Å². The summed E-state index contributed by atoms with van der Waals surface area (Å²) in [7, 11) is 0. The molecule has 10 heavy (non-hydrogen) atoms. The number of aliphatic hydroxyl groups is 1. The van der Waals surface area contributed by atoms with E-state index >= 15 is 0 Å². The van der Waals surface area contributed by atoms with Crippen molar-refractivity contribution in [1.29, 1.82) is 5.26 Å². The van der Waals surface area contributed by atoms with Gasteiger partial charge >= 0.3 is 0 Å². The molecule has 1 aliphatic rings. The van der Waals surface area contributed by atoms with Crippen molar-refractivity contribution in [1.82, 2.24) is 0 Å². The Hall–Kier alpha value is -0.810. The van der Waals surface area contributed by atoms with Gasteiger partial charge in [0.05, 0.1) is 12.2 Å². The first kappa shape index (κ1) is 7.30. The zero-order valence-electron chi connectivity index (χ0n) is 5.83. The number of hydrogen-bond donors (Lipinski definition) is 1. The second kappa shape index (κ2) is 3.38. The lowest BCUT2D eigenvalue weighted by atomic mass is 9.89. The molecule has 0 bridgehead atoms. The van der Waals surface area contributed by atoms with E-state index in [1.54, 1.807) is 0 Å². The van der Waals surface area contributed by atoms with E-state index in [-0.39, 0.29) is 12.0 Å². The number of rotatable bonds is 1. The number of nitrogens with zero attached hydrogens (tertiary/aromatic N) is 1. The molecular formula is C8H11NO. The normalized spacial score (nSPS) is 31.6. The molecule has 0 saturated heterocycles. The maximum Gasteiger partial charge on any atom is 0.0625 e. The van der Waals surface area contributed by atoms with Crippen molar-refractivity contribution in [3.8, 4) is 6.07 Å². The van der Waals surface area contributed by atoms with Gasteiger partial charge in [-0.3, -0.25) is 0 Å². The summed E-state index contributed by atoms with van der Waals surface area (Å²) in [6.45, 7) is 0. The SMILES string of the molecule is N#CC[C@@H]1CC=CC[C@H]1O. The van der Waals surface area contributed by atoms with Gasteiger partial charge in [0.25, 0.3) is 0 Å². The third-order valence-corrected chi connectivity index (χ3v) is 1.88. The van der Waals surface area contributed by atoms with Crippen molar-refractivity contribution < 1.29 is 5.11 Å². The lowest BCUT2D eigenvalue weighted by Gasteiger charge is -2.20. The smallest absolute Gasteiger partial charge is 0.0625 e. The standard InChI is InChI=1S/C8H11NO/c9-6-5-7-3-1-2-4-8(7)10/h1-2,7-8,10H,3-5H2/t7-,8+/m0/s1. The zero-order chi connectivity index (χ0) is 7.40. The first-order valence-electron chi connectivity index (χ1n) is 3.54. The van der Waals surface area contributed by atoms with Gasteiger partial charge < -0.3 is 5.11 Å². The summed E-state index contributed by atoms with van der Waals surface area (Å²) in [6, 6.07) is 2.07. The molecule has 0 aromatic carbocycles. The molecular weight excluding hydrogens is 126 g/mol. The van der Waals surface area contributed by atoms with Crippen LogP contribution >= 0.6 is 0 Å². The van der Waals surface area contributed by atoms with E-state index < -0.39 is 0 Å². The van der Waals surface area contributed by atoms with Gasteiger partial charge in [0.2, 0.25) is 0 Å². The molecule has 0 aromatic heterocycles. The Morgan fingerprint density at radius 3 is 2.80 bits per heavy atom. The molecule has 0 saturated carbocycles. The van der Waals surface area contributed by atoms with Crippen LogP contribution in [-0.4, -0.2) is 11.2 Å². The Balaban J connectivity index is 2.44. The van der Waals surface area contributed by atoms with Gasteiger partial charge in [-0.25, -0.2) is 0 Å². The molecule has 0 aliphatic heterocycles. The Bertz CT molecular complexity index is 169. The van der Waals surface area contributed by atoms with Crippen molar-refractivity contribution in [2.45, 2.75) is 25.4 Å². The van der Waals surface area contributed by atoms with E-state index in [1.165, 1.54) is 0 Å². The molecule has 0 aromatic rings. The Morgan fingerprint density at radius 2 is 2.20 bits per heavy atom. The second-order valence-electron chi connectivity index (χ2n) is 2.63. The highest BCUT2D eigenvalue weighted by molar-refractivity contribution is 4.97. The van der Waals surface area contributed by atoms with E-state index in [0.717, 1.165) is 6.42 Å². The second-order valence-corrected chi connectivity index (χ2v) is 2.63. The Morgan fingerprint density at radius 1 is 1.50 bits per heavy atom. The minimum atomic E-state index is -0.287. The molecule has 2 nitrogen and oxygen atoms in total. The van der Waals surface area contributed by atoms with Gasteiger partial charge in [-0.05, 0) is 12.8 Å². The Kier molecular flexibility index (Phi) is 2.47. The maximum absolute atomic E-state index is 9.30. The number of nitriles is 1. The minimum absolute atomic E-state index is 0.176. The van der Waals surface area contributed by atoms with Gasteiger partial charge in [0.1, 0.15) is 0 Å². The first-order chi connectivity index (χ1) is 4.84. The van der Waals surface area contributed by atoms with Crippen LogP contribution in [0.2, 0.25) is 0 Å². The van der Waals surface area contributed by atoms with Crippen LogP contribution in [-0.2, 0) is 0 Å². The predicted molar refractivity (Wildman–Crippen MR) is 38.1 cm³/mol. The molecule has 0 unspecified atom stereocenters. The van der Waals surface area contributed by atoms with Crippen molar-refractivity contribution in [2.24, 2.45) is 5.92 Å². The molecule has 0 amide bonds. The highest BCUT2D eigenvalue weighted by Crippen LogP contribution is 2.21. The molecule has 1 N–H and O–H groups in total. The van der Waals surface area contributed by atoms with Crippen molar-refractivity contribution >= 4 is 0 Å². The van der Waals surface area contributed by atoms with Crippen LogP contribution in [0.4, 0.5) is 0 Å². The number of hydrogen-bond acceptors (Lipinski definition) is 2. The molecule has 2 atom stereocenters. The van der Waals surface area contributed by atoms with Gasteiger partial charge in [-0.2, -0.15) is 5.26 Å². The fourth-order valence-corrected chi connectivity index (χ4v) is 1.19. The van der Waals surface area contributed by atoms with Crippen LogP contribution in [0.3, 0.4) is 0 Å². The van der Waals surface area contributed by atoms with Crippen LogP contribution < -0.4 is 0 Å². The lowest BCUT2D eigenvalue weighted by Crippen LogP contribution is -2.21. The summed E-state index contributed by atoms with van der Waals surface area (Å²) >= 11 is 0. The predicted octanol–water partition coefficient (Wildman–Crippen LogP) is 1.23. The first-order valence-corrected chi connectivity index (χ1v) is 3.54. The van der Waals surface area contributed by atoms with E-state index in [1.807, 2.05) is 12.2 Å². The third kappa shape index (κ3) is 1.58. The topological polar surface area (TPSA) is 44.0 Å². The summed E-state index contributed by atoms with van der Waals surface area (Å²) in [6.07, 6.45) is 5.77. The molecule has 54 valence electrons. The zero-order valence-corrected chi connectivity index (χ0v) is 5.83. The van der Waals surface area contributed by atoms with E-state index in [0.29, 0.717) is 12.8 Å². The molecule has 1 rings (SSSR count). The van der Waals surface area contributed by atoms with Gasteiger partial charge in [-0.1, -0.05) is 12.2 Å². The van der Waals surface area contributed by atoms with Gasteiger partial charge in [0, 0.05) is 12.3 Å². The summed E-state index contributed by atoms with van der Waals surface area (Å²) in [5.74, 6) is 0.176.